The van der Waals surface area contributed by atoms with Gasteiger partial charge in [0, 0.05) is 16.5 Å². The number of amides is 1. The molecule has 0 radical (unpaired) electrons. The van der Waals surface area contributed by atoms with Crippen molar-refractivity contribution in [1.82, 2.24) is 10.3 Å². The van der Waals surface area contributed by atoms with Crippen LogP contribution < -0.4 is 10.6 Å². The quantitative estimate of drug-likeness (QED) is 0.386. The van der Waals surface area contributed by atoms with Gasteiger partial charge in [-0.1, -0.05) is 48.5 Å². The topological polar surface area (TPSA) is 77.9 Å². The summed E-state index contributed by atoms with van der Waals surface area (Å²) in [5.41, 5.74) is 4.87. The van der Waals surface area contributed by atoms with Crippen LogP contribution in [0.15, 0.2) is 54.6 Å². The van der Waals surface area contributed by atoms with Gasteiger partial charge < -0.3 is 5.32 Å². The van der Waals surface area contributed by atoms with E-state index in [4.69, 9.17) is 10.4 Å². The van der Waals surface area contributed by atoms with Gasteiger partial charge in [0.25, 0.3) is 0 Å². The fraction of sp³-hybridized carbons (Fsp3) is 0.150. The highest BCUT2D eigenvalue weighted by atomic mass is 16.1. The number of hydrogen-bond donors (Lipinski definition) is 3. The molecule has 1 aromatic heterocycles. The van der Waals surface area contributed by atoms with E-state index in [1.807, 2.05) is 42.5 Å². The number of benzene rings is 2. The normalized spacial score (nSPS) is 13.4. The van der Waals surface area contributed by atoms with Crippen molar-refractivity contribution in [2.24, 2.45) is 0 Å². The van der Waals surface area contributed by atoms with Crippen molar-refractivity contribution in [2.45, 2.75) is 18.8 Å². The number of guanidine groups is 1. The number of nitrogens with one attached hydrogen (secondary N) is 3. The lowest BCUT2D eigenvalue weighted by molar-refractivity contribution is -0.108. The molecule has 4 rings (SSSR count). The first-order valence-corrected chi connectivity index (χ1v) is 8.31. The zero-order valence-corrected chi connectivity index (χ0v) is 13.6. The molecule has 1 heterocycles. The lowest BCUT2D eigenvalue weighted by Crippen LogP contribution is -2.28. The molecule has 0 bridgehead atoms. The summed E-state index contributed by atoms with van der Waals surface area (Å²) in [4.78, 5) is 15.6. The fourth-order valence-corrected chi connectivity index (χ4v) is 3.17. The largest absolute Gasteiger partial charge is 0.325 e. The van der Waals surface area contributed by atoms with E-state index in [1.165, 1.54) is 0 Å². The van der Waals surface area contributed by atoms with E-state index in [1.54, 1.807) is 0 Å². The Bertz CT molecular complexity index is 949. The zero-order chi connectivity index (χ0) is 17.2. The van der Waals surface area contributed by atoms with Crippen LogP contribution in [0.4, 0.5) is 5.69 Å². The summed E-state index contributed by atoms with van der Waals surface area (Å²) >= 11 is 0. The van der Waals surface area contributed by atoms with Crippen molar-refractivity contribution in [3.8, 4) is 11.3 Å². The highest BCUT2D eigenvalue weighted by molar-refractivity contribution is 6.06. The predicted octanol–water partition coefficient (Wildman–Crippen LogP) is 3.87. The lowest BCUT2D eigenvalue weighted by atomic mass is 9.97. The summed E-state index contributed by atoms with van der Waals surface area (Å²) < 4.78 is 0. The smallest absolute Gasteiger partial charge is 0.213 e. The molecule has 1 saturated carbocycles. The number of nitrogens with zero attached hydrogens (tertiary/aromatic N) is 1. The number of anilines is 1. The van der Waals surface area contributed by atoms with E-state index in [0.717, 1.165) is 46.3 Å². The second-order valence-corrected chi connectivity index (χ2v) is 6.17. The average molecular weight is 330 g/mol. The minimum atomic E-state index is -0.0349. The van der Waals surface area contributed by atoms with Crippen molar-refractivity contribution >= 4 is 29.0 Å². The van der Waals surface area contributed by atoms with Crippen LogP contribution in [-0.4, -0.2) is 17.4 Å². The number of para-hydroxylation sites is 1. The molecule has 1 aliphatic rings. The Hall–Kier alpha value is -3.21. The Morgan fingerprint density at radius 1 is 1.08 bits per heavy atom. The van der Waals surface area contributed by atoms with Gasteiger partial charge in [-0.05, 0) is 24.8 Å². The maximum Gasteiger partial charge on any atom is 0.213 e. The van der Waals surface area contributed by atoms with Crippen molar-refractivity contribution in [3.05, 3.63) is 60.2 Å². The van der Waals surface area contributed by atoms with Gasteiger partial charge in [-0.3, -0.25) is 15.5 Å². The summed E-state index contributed by atoms with van der Waals surface area (Å²) in [7, 11) is 0. The molecule has 124 valence electrons. The second kappa shape index (κ2) is 6.36. The minimum Gasteiger partial charge on any atom is -0.325 e. The fourth-order valence-electron chi connectivity index (χ4n) is 3.17. The Labute approximate surface area is 145 Å². The van der Waals surface area contributed by atoms with Crippen LogP contribution in [0.5, 0.6) is 0 Å². The van der Waals surface area contributed by atoms with Gasteiger partial charge in [-0.25, -0.2) is 4.98 Å². The highest BCUT2D eigenvalue weighted by Crippen LogP contribution is 2.49. The van der Waals surface area contributed by atoms with Gasteiger partial charge in [-0.15, -0.1) is 0 Å². The molecule has 0 saturated heterocycles. The molecular weight excluding hydrogens is 312 g/mol. The molecule has 1 fully saturated rings. The molecule has 2 aromatic carbocycles. The van der Waals surface area contributed by atoms with Gasteiger partial charge in [0.2, 0.25) is 6.41 Å². The van der Waals surface area contributed by atoms with Crippen molar-refractivity contribution in [3.63, 3.8) is 0 Å². The summed E-state index contributed by atoms with van der Waals surface area (Å²) in [5, 5.41) is 14.4. The van der Waals surface area contributed by atoms with Crippen LogP contribution in [0.2, 0.25) is 0 Å². The Balaban J connectivity index is 1.97. The molecular formula is C20H18N4O. The van der Waals surface area contributed by atoms with Crippen LogP contribution >= 0.6 is 0 Å². The van der Waals surface area contributed by atoms with Gasteiger partial charge in [-0.2, -0.15) is 0 Å². The van der Waals surface area contributed by atoms with Crippen LogP contribution in [0.1, 0.15) is 24.3 Å². The molecule has 0 atom stereocenters. The zero-order valence-electron chi connectivity index (χ0n) is 13.6. The maximum atomic E-state index is 10.7. The van der Waals surface area contributed by atoms with E-state index in [-0.39, 0.29) is 5.96 Å². The standard InChI is InChI=1S/C20H18N4O/c21-20(22-12-25)24-19-15-8-4-5-9-16(15)23-18(17(19)13-10-11-13)14-6-2-1-3-7-14/h1-9,12-13H,10-11H2,(H3,21,22,23,24,25). The third kappa shape index (κ3) is 2.96. The number of aromatic nitrogens is 1. The van der Waals surface area contributed by atoms with Gasteiger partial charge in [0.15, 0.2) is 5.96 Å². The number of hydrogen-bond acceptors (Lipinski definition) is 3. The molecule has 0 unspecified atom stereocenters. The number of pyridine rings is 1. The minimum absolute atomic E-state index is 0.0349. The lowest BCUT2D eigenvalue weighted by Gasteiger charge is -2.18. The molecule has 0 aliphatic heterocycles. The second-order valence-electron chi connectivity index (χ2n) is 6.17. The first kappa shape index (κ1) is 15.3. The number of fused-ring (bicyclic) bond motifs is 1. The summed E-state index contributed by atoms with van der Waals surface area (Å²) in [6.45, 7) is 0. The highest BCUT2D eigenvalue weighted by Gasteiger charge is 2.31. The van der Waals surface area contributed by atoms with Gasteiger partial charge in [0.1, 0.15) is 0 Å². The molecule has 25 heavy (non-hydrogen) atoms. The number of carbonyl (C=O) groups is 1. The molecule has 1 amide bonds. The van der Waals surface area contributed by atoms with Crippen LogP contribution in [0.25, 0.3) is 22.2 Å². The van der Waals surface area contributed by atoms with E-state index < -0.39 is 0 Å². The third-order valence-electron chi connectivity index (χ3n) is 4.42. The maximum absolute atomic E-state index is 10.7. The van der Waals surface area contributed by atoms with Gasteiger partial charge >= 0.3 is 0 Å². The summed E-state index contributed by atoms with van der Waals surface area (Å²) in [6.07, 6.45) is 2.74. The van der Waals surface area contributed by atoms with Crippen LogP contribution in [0.3, 0.4) is 0 Å². The molecule has 0 spiro atoms. The Morgan fingerprint density at radius 3 is 2.52 bits per heavy atom. The predicted molar refractivity (Wildman–Crippen MR) is 99.7 cm³/mol. The Kier molecular flexibility index (Phi) is 3.90. The molecule has 3 aromatic rings. The van der Waals surface area contributed by atoms with Gasteiger partial charge in [0.05, 0.1) is 16.9 Å². The van der Waals surface area contributed by atoms with E-state index in [2.05, 4.69) is 22.8 Å². The van der Waals surface area contributed by atoms with Crippen molar-refractivity contribution in [1.29, 1.82) is 5.41 Å². The number of carbonyl (C=O) groups excluding carboxylic acids is 1. The van der Waals surface area contributed by atoms with E-state index in [9.17, 15) is 4.79 Å². The molecule has 5 nitrogen and oxygen atoms in total. The summed E-state index contributed by atoms with van der Waals surface area (Å²) in [5.74, 6) is 0.395. The summed E-state index contributed by atoms with van der Waals surface area (Å²) in [6, 6.07) is 18.0. The molecule has 5 heteroatoms. The first-order valence-electron chi connectivity index (χ1n) is 8.31. The third-order valence-corrected chi connectivity index (χ3v) is 4.42. The first-order chi connectivity index (χ1) is 12.3. The molecule has 3 N–H and O–H groups in total. The van der Waals surface area contributed by atoms with Crippen molar-refractivity contribution < 1.29 is 4.79 Å². The monoisotopic (exact) mass is 330 g/mol. The van der Waals surface area contributed by atoms with E-state index >= 15 is 0 Å². The van der Waals surface area contributed by atoms with E-state index in [0.29, 0.717) is 12.3 Å². The number of rotatable bonds is 4. The SMILES string of the molecule is N=C(NC=O)Nc1c(C2CC2)c(-c2ccccc2)nc2ccccc12. The molecule has 1 aliphatic carbocycles. The average Bonchev–Trinajstić information content (AvgIpc) is 3.47. The van der Waals surface area contributed by atoms with Crippen LogP contribution in [-0.2, 0) is 4.79 Å². The van der Waals surface area contributed by atoms with Crippen molar-refractivity contribution in [2.75, 3.05) is 5.32 Å². The van der Waals surface area contributed by atoms with Crippen LogP contribution in [0, 0.1) is 5.41 Å². The Morgan fingerprint density at radius 2 is 1.80 bits per heavy atom.